The van der Waals surface area contributed by atoms with Gasteiger partial charge in [-0.1, -0.05) is 35.5 Å². The third-order valence-corrected chi connectivity index (χ3v) is 4.31. The Bertz CT molecular complexity index is 786. The third-order valence-electron chi connectivity index (χ3n) is 4.31. The first-order valence-electron chi connectivity index (χ1n) is 8.23. The Balaban J connectivity index is 1.66. The van der Waals surface area contributed by atoms with Crippen molar-refractivity contribution in [3.8, 4) is 5.75 Å². The van der Waals surface area contributed by atoms with E-state index in [1.807, 2.05) is 29.1 Å². The van der Waals surface area contributed by atoms with Crippen molar-refractivity contribution in [2.45, 2.75) is 33.2 Å². The minimum absolute atomic E-state index is 0.758. The lowest BCUT2D eigenvalue weighted by Gasteiger charge is -2.11. The summed E-state index contributed by atoms with van der Waals surface area (Å²) in [6, 6.07) is 14.5. The Kier molecular flexibility index (Phi) is 4.94. The summed E-state index contributed by atoms with van der Waals surface area (Å²) in [6.45, 7) is 5.03. The maximum Gasteiger partial charge on any atom is 0.119 e. The molecule has 4 nitrogen and oxygen atoms in total. The molecule has 0 aliphatic heterocycles. The van der Waals surface area contributed by atoms with Gasteiger partial charge >= 0.3 is 0 Å². The zero-order chi connectivity index (χ0) is 16.9. The summed E-state index contributed by atoms with van der Waals surface area (Å²) >= 11 is 0. The molecule has 0 unspecified atom stereocenters. The minimum atomic E-state index is 0.758. The van der Waals surface area contributed by atoms with E-state index in [0.717, 1.165) is 30.8 Å². The average molecular weight is 321 g/mol. The Morgan fingerprint density at radius 2 is 1.71 bits per heavy atom. The van der Waals surface area contributed by atoms with Gasteiger partial charge < -0.3 is 4.74 Å². The molecule has 3 aromatic rings. The molecule has 0 fully saturated rings. The van der Waals surface area contributed by atoms with E-state index in [4.69, 9.17) is 4.74 Å². The topological polar surface area (TPSA) is 39.9 Å². The summed E-state index contributed by atoms with van der Waals surface area (Å²) in [7, 11) is 1.71. The van der Waals surface area contributed by atoms with Crippen molar-refractivity contribution in [1.29, 1.82) is 0 Å². The number of hydrogen-bond acceptors (Lipinski definition) is 3. The van der Waals surface area contributed by atoms with E-state index >= 15 is 0 Å². The Hall–Kier alpha value is -2.62. The smallest absolute Gasteiger partial charge is 0.119 e. The SMILES string of the molecule is COc1cc(C)c(CCc2cn(Cc3ccccc3)nn2)c(C)c1. The first-order valence-corrected chi connectivity index (χ1v) is 8.23. The molecular weight excluding hydrogens is 298 g/mol. The monoisotopic (exact) mass is 321 g/mol. The molecule has 4 heteroatoms. The second-order valence-electron chi connectivity index (χ2n) is 6.13. The van der Waals surface area contributed by atoms with Crippen LogP contribution in [0, 0.1) is 13.8 Å². The van der Waals surface area contributed by atoms with Crippen molar-refractivity contribution >= 4 is 0 Å². The number of rotatable bonds is 6. The molecule has 0 saturated carbocycles. The number of methoxy groups -OCH3 is 1. The van der Waals surface area contributed by atoms with Crippen molar-refractivity contribution in [2.75, 3.05) is 7.11 Å². The highest BCUT2D eigenvalue weighted by molar-refractivity contribution is 5.41. The molecule has 0 N–H and O–H groups in total. The molecule has 0 atom stereocenters. The summed E-state index contributed by atoms with van der Waals surface area (Å²) in [5.74, 6) is 0.919. The highest BCUT2D eigenvalue weighted by atomic mass is 16.5. The average Bonchev–Trinajstić information content (AvgIpc) is 3.02. The molecule has 1 heterocycles. The molecule has 0 aliphatic carbocycles. The number of nitrogens with zero attached hydrogens (tertiary/aromatic N) is 3. The van der Waals surface area contributed by atoms with E-state index in [1.54, 1.807) is 7.11 Å². The fourth-order valence-electron chi connectivity index (χ4n) is 3.02. The highest BCUT2D eigenvalue weighted by Crippen LogP contribution is 2.22. The molecule has 1 aromatic heterocycles. The zero-order valence-corrected chi connectivity index (χ0v) is 14.5. The van der Waals surface area contributed by atoms with Gasteiger partial charge in [0.1, 0.15) is 5.75 Å². The van der Waals surface area contributed by atoms with Crippen LogP contribution in [-0.4, -0.2) is 22.1 Å². The van der Waals surface area contributed by atoms with Crippen molar-refractivity contribution < 1.29 is 4.74 Å². The van der Waals surface area contributed by atoms with Gasteiger partial charge in [0.05, 0.1) is 19.3 Å². The number of hydrogen-bond donors (Lipinski definition) is 0. The van der Waals surface area contributed by atoms with Crippen LogP contribution in [0.3, 0.4) is 0 Å². The molecule has 24 heavy (non-hydrogen) atoms. The lowest BCUT2D eigenvalue weighted by molar-refractivity contribution is 0.414. The van der Waals surface area contributed by atoms with Gasteiger partial charge in [-0.25, -0.2) is 4.68 Å². The van der Waals surface area contributed by atoms with Gasteiger partial charge in [-0.05, 0) is 61.1 Å². The van der Waals surface area contributed by atoms with Crippen molar-refractivity contribution in [2.24, 2.45) is 0 Å². The number of ether oxygens (including phenoxy) is 1. The number of aromatic nitrogens is 3. The lowest BCUT2D eigenvalue weighted by Crippen LogP contribution is -2.00. The van der Waals surface area contributed by atoms with Gasteiger partial charge in [0.25, 0.3) is 0 Å². The molecule has 0 bridgehead atoms. The number of benzene rings is 2. The summed E-state index contributed by atoms with van der Waals surface area (Å²) in [4.78, 5) is 0. The first-order chi connectivity index (χ1) is 11.7. The van der Waals surface area contributed by atoms with Crippen LogP contribution in [0.1, 0.15) is 27.9 Å². The molecule has 0 aliphatic rings. The van der Waals surface area contributed by atoms with Gasteiger partial charge in [-0.15, -0.1) is 5.10 Å². The van der Waals surface area contributed by atoms with E-state index in [9.17, 15) is 0 Å². The van der Waals surface area contributed by atoms with Crippen LogP contribution < -0.4 is 4.74 Å². The molecule has 3 rings (SSSR count). The molecule has 2 aromatic carbocycles. The van der Waals surface area contributed by atoms with Gasteiger partial charge in [0.15, 0.2) is 0 Å². The van der Waals surface area contributed by atoms with Crippen molar-refractivity contribution in [3.05, 3.63) is 76.6 Å². The zero-order valence-electron chi connectivity index (χ0n) is 14.5. The van der Waals surface area contributed by atoms with Crippen LogP contribution in [0.25, 0.3) is 0 Å². The number of aryl methyl sites for hydroxylation is 3. The molecular formula is C20H23N3O. The maximum absolute atomic E-state index is 5.33. The second-order valence-corrected chi connectivity index (χ2v) is 6.13. The molecule has 0 spiro atoms. The molecule has 0 saturated heterocycles. The van der Waals surface area contributed by atoms with E-state index in [2.05, 4.69) is 48.4 Å². The van der Waals surface area contributed by atoms with Gasteiger partial charge in [-0.2, -0.15) is 0 Å². The maximum atomic E-state index is 5.33. The summed E-state index contributed by atoms with van der Waals surface area (Å²) in [5.41, 5.74) is 6.16. The van der Waals surface area contributed by atoms with Gasteiger partial charge in [0, 0.05) is 6.20 Å². The summed E-state index contributed by atoms with van der Waals surface area (Å²) < 4.78 is 7.23. The highest BCUT2D eigenvalue weighted by Gasteiger charge is 2.08. The minimum Gasteiger partial charge on any atom is -0.497 e. The van der Waals surface area contributed by atoms with E-state index < -0.39 is 0 Å². The van der Waals surface area contributed by atoms with Crippen molar-refractivity contribution in [3.63, 3.8) is 0 Å². The first kappa shape index (κ1) is 16.2. The predicted molar refractivity (Wildman–Crippen MR) is 95.4 cm³/mol. The fraction of sp³-hybridized carbons (Fsp3) is 0.300. The van der Waals surface area contributed by atoms with Crippen LogP contribution in [0.4, 0.5) is 0 Å². The molecule has 0 amide bonds. The van der Waals surface area contributed by atoms with Crippen LogP contribution in [0.2, 0.25) is 0 Å². The van der Waals surface area contributed by atoms with Crippen LogP contribution >= 0.6 is 0 Å². The Morgan fingerprint density at radius 1 is 1.00 bits per heavy atom. The normalized spacial score (nSPS) is 10.8. The lowest BCUT2D eigenvalue weighted by atomic mass is 9.97. The van der Waals surface area contributed by atoms with E-state index in [1.165, 1.54) is 22.3 Å². The largest absolute Gasteiger partial charge is 0.497 e. The van der Waals surface area contributed by atoms with E-state index in [-0.39, 0.29) is 0 Å². The summed E-state index contributed by atoms with van der Waals surface area (Å²) in [6.07, 6.45) is 3.90. The molecule has 0 radical (unpaired) electrons. The third kappa shape index (κ3) is 3.82. The molecule has 124 valence electrons. The quantitative estimate of drug-likeness (QED) is 0.694. The predicted octanol–water partition coefficient (Wildman–Crippen LogP) is 3.74. The van der Waals surface area contributed by atoms with Gasteiger partial charge in [0.2, 0.25) is 0 Å². The fourth-order valence-corrected chi connectivity index (χ4v) is 3.02. The standard InChI is InChI=1S/C20H23N3O/c1-15-11-19(24-3)12-16(2)20(15)10-9-18-14-23(22-21-18)13-17-7-5-4-6-8-17/h4-8,11-12,14H,9-10,13H2,1-3H3. The van der Waals surface area contributed by atoms with Crippen molar-refractivity contribution in [1.82, 2.24) is 15.0 Å². The van der Waals surface area contributed by atoms with Crippen LogP contribution in [0.15, 0.2) is 48.7 Å². The second kappa shape index (κ2) is 7.30. The Labute approximate surface area is 143 Å². The summed E-state index contributed by atoms with van der Waals surface area (Å²) in [5, 5.41) is 8.55. The Morgan fingerprint density at radius 3 is 2.38 bits per heavy atom. The van der Waals surface area contributed by atoms with E-state index in [0.29, 0.717) is 0 Å². The van der Waals surface area contributed by atoms with Crippen LogP contribution in [0.5, 0.6) is 5.75 Å². The van der Waals surface area contributed by atoms with Gasteiger partial charge in [-0.3, -0.25) is 0 Å². The van der Waals surface area contributed by atoms with Crippen LogP contribution in [-0.2, 0) is 19.4 Å².